The minimum Gasteiger partial charge on any atom is -0.480 e. The Morgan fingerprint density at radius 3 is 2.12 bits per heavy atom. The van der Waals surface area contributed by atoms with E-state index in [-0.39, 0.29) is 17.9 Å². The lowest BCUT2D eigenvalue weighted by atomic mass is 10.1. The van der Waals surface area contributed by atoms with Crippen molar-refractivity contribution in [2.75, 3.05) is 0 Å². The molecule has 0 radical (unpaired) electrons. The van der Waals surface area contributed by atoms with Crippen LogP contribution in [0.15, 0.2) is 59.5 Å². The Morgan fingerprint density at radius 1 is 1.09 bits per heavy atom. The number of fused-ring (bicyclic) bond motifs is 1. The fraction of sp³-hybridized carbons (Fsp3) is 0.208. The van der Waals surface area contributed by atoms with Gasteiger partial charge in [0.25, 0.3) is 0 Å². The highest BCUT2D eigenvalue weighted by molar-refractivity contribution is 7.89. The van der Waals surface area contributed by atoms with Gasteiger partial charge in [-0.1, -0.05) is 55.5 Å². The molecule has 0 saturated carbocycles. The van der Waals surface area contributed by atoms with Gasteiger partial charge in [0.15, 0.2) is 0 Å². The minimum absolute atomic E-state index is 0.0427. The molecule has 34 heavy (non-hydrogen) atoms. The third-order valence-electron chi connectivity index (χ3n) is 5.58. The van der Waals surface area contributed by atoms with Crippen molar-refractivity contribution >= 4 is 39.5 Å². The smallest absolute Gasteiger partial charge is 0.416 e. The quantitative estimate of drug-likeness (QED) is 0.417. The van der Waals surface area contributed by atoms with E-state index in [0.29, 0.717) is 10.4 Å². The highest BCUT2D eigenvalue weighted by Gasteiger charge is 2.43. The summed E-state index contributed by atoms with van der Waals surface area (Å²) in [5.41, 5.74) is 1.58. The Kier molecular flexibility index (Phi) is 6.41. The molecule has 2 aromatic carbocycles. The van der Waals surface area contributed by atoms with Gasteiger partial charge in [0, 0.05) is 9.75 Å². The van der Waals surface area contributed by atoms with E-state index in [1.807, 2.05) is 24.3 Å². The highest BCUT2D eigenvalue weighted by Crippen LogP contribution is 2.42. The van der Waals surface area contributed by atoms with E-state index in [0.717, 1.165) is 32.4 Å². The number of hydrogen-bond acceptors (Lipinski definition) is 4. The average molecular weight is 508 g/mol. The topological polar surface area (TPSA) is 74.7 Å². The summed E-state index contributed by atoms with van der Waals surface area (Å²) >= 11 is 1.32. The second kappa shape index (κ2) is 9.01. The molecule has 1 aliphatic heterocycles. The van der Waals surface area contributed by atoms with Gasteiger partial charge in [0.05, 0.1) is 17.0 Å². The van der Waals surface area contributed by atoms with Crippen LogP contribution in [0.2, 0.25) is 0 Å². The van der Waals surface area contributed by atoms with E-state index in [4.69, 9.17) is 0 Å². The van der Waals surface area contributed by atoms with E-state index in [1.165, 1.54) is 23.5 Å². The molecule has 2 heterocycles. The molecular formula is C24H20F3NO4S2. The molecule has 0 bridgehead atoms. The number of carboxylic acid groups (broad SMARTS) is 1. The van der Waals surface area contributed by atoms with Gasteiger partial charge >= 0.3 is 12.1 Å². The van der Waals surface area contributed by atoms with E-state index >= 15 is 0 Å². The number of halogens is 3. The van der Waals surface area contributed by atoms with Gasteiger partial charge in [-0.2, -0.15) is 17.5 Å². The number of nitrogens with zero attached hydrogens (tertiary/aromatic N) is 1. The summed E-state index contributed by atoms with van der Waals surface area (Å²) in [6.45, 7) is 1.68. The van der Waals surface area contributed by atoms with Crippen molar-refractivity contribution in [1.82, 2.24) is 4.31 Å². The van der Waals surface area contributed by atoms with Crippen LogP contribution in [0.5, 0.6) is 0 Å². The van der Waals surface area contributed by atoms with Crippen LogP contribution in [0.3, 0.4) is 0 Å². The van der Waals surface area contributed by atoms with Gasteiger partial charge in [-0.25, -0.2) is 8.42 Å². The largest absolute Gasteiger partial charge is 0.480 e. The molecule has 1 aromatic heterocycles. The number of hydrogen-bond donors (Lipinski definition) is 1. The Labute approximate surface area is 198 Å². The molecule has 4 rings (SSSR count). The predicted molar refractivity (Wildman–Crippen MR) is 125 cm³/mol. The van der Waals surface area contributed by atoms with Crippen molar-refractivity contribution in [1.29, 1.82) is 0 Å². The lowest BCUT2D eigenvalue weighted by Gasteiger charge is -2.21. The Hall–Kier alpha value is -2.95. The summed E-state index contributed by atoms with van der Waals surface area (Å²) in [5, 5.41) is 9.35. The van der Waals surface area contributed by atoms with Crippen molar-refractivity contribution in [2.24, 2.45) is 0 Å². The normalized spacial score (nSPS) is 16.6. The van der Waals surface area contributed by atoms with Crippen molar-refractivity contribution in [3.8, 4) is 10.4 Å². The maximum Gasteiger partial charge on any atom is 0.416 e. The first-order chi connectivity index (χ1) is 16.0. The maximum atomic E-state index is 12.9. The fourth-order valence-corrected chi connectivity index (χ4v) is 7.15. The lowest BCUT2D eigenvalue weighted by Crippen LogP contribution is -2.40. The molecule has 178 valence electrons. The van der Waals surface area contributed by atoms with E-state index < -0.39 is 33.8 Å². The van der Waals surface area contributed by atoms with Crippen LogP contribution in [0, 0.1) is 0 Å². The zero-order chi connectivity index (χ0) is 24.7. The number of carboxylic acids is 1. The fourth-order valence-electron chi connectivity index (χ4n) is 3.75. The van der Waals surface area contributed by atoms with Crippen molar-refractivity contribution in [3.63, 3.8) is 0 Å². The molecule has 1 unspecified atom stereocenters. The highest BCUT2D eigenvalue weighted by atomic mass is 32.2. The molecule has 0 amide bonds. The van der Waals surface area contributed by atoms with Crippen LogP contribution in [-0.2, 0) is 27.5 Å². The Bertz CT molecular complexity index is 1340. The predicted octanol–water partition coefficient (Wildman–Crippen LogP) is 5.97. The monoisotopic (exact) mass is 507 g/mol. The maximum absolute atomic E-state index is 12.9. The number of carbonyl (C=O) groups is 1. The summed E-state index contributed by atoms with van der Waals surface area (Å²) in [6.07, 6.45) is -0.702. The van der Waals surface area contributed by atoms with Gasteiger partial charge in [-0.15, -0.1) is 11.3 Å². The zero-order valence-electron chi connectivity index (χ0n) is 17.9. The summed E-state index contributed by atoms with van der Waals surface area (Å²) in [7, 11) is -3.87. The standard InChI is InChI=1S/C24H20F3NO4S2/c1-2-19(23(29)30)28-14-21-22(34(28,31)32)13-20(33-21)17-9-5-15(6-10-17)3-4-16-7-11-18(12-8-16)24(25,26)27/h3-13,19H,2,14H2,1H3,(H,29,30). The van der Waals surface area contributed by atoms with Gasteiger partial charge < -0.3 is 5.11 Å². The first-order valence-electron chi connectivity index (χ1n) is 10.3. The molecule has 3 aromatic rings. The molecule has 0 aliphatic carbocycles. The molecule has 1 N–H and O–H groups in total. The van der Waals surface area contributed by atoms with Crippen LogP contribution in [0.4, 0.5) is 13.2 Å². The average Bonchev–Trinajstić information content (AvgIpc) is 3.31. The van der Waals surface area contributed by atoms with Crippen molar-refractivity contribution in [3.05, 3.63) is 76.2 Å². The van der Waals surface area contributed by atoms with Crippen LogP contribution >= 0.6 is 11.3 Å². The third-order valence-corrected chi connectivity index (χ3v) is 8.80. The SMILES string of the molecule is CCC(C(=O)O)N1Cc2sc(-c3ccc(C=Cc4ccc(C(F)(F)F)cc4)cc3)cc2S1(=O)=O. The third kappa shape index (κ3) is 4.66. The zero-order valence-corrected chi connectivity index (χ0v) is 19.5. The molecular weight excluding hydrogens is 487 g/mol. The number of thiophene rings is 1. The summed E-state index contributed by atoms with van der Waals surface area (Å²) in [5.74, 6) is -1.17. The van der Waals surface area contributed by atoms with Crippen LogP contribution in [0.25, 0.3) is 22.6 Å². The second-order valence-corrected chi connectivity index (χ2v) is 10.8. The molecule has 0 spiro atoms. The molecule has 0 fully saturated rings. The molecule has 1 atom stereocenters. The van der Waals surface area contributed by atoms with E-state index in [1.54, 1.807) is 25.1 Å². The van der Waals surface area contributed by atoms with Crippen molar-refractivity contribution in [2.45, 2.75) is 37.0 Å². The Balaban J connectivity index is 1.50. The number of alkyl halides is 3. The first kappa shape index (κ1) is 24.2. The summed E-state index contributed by atoms with van der Waals surface area (Å²) in [4.78, 5) is 13.0. The molecule has 10 heteroatoms. The van der Waals surface area contributed by atoms with Crippen LogP contribution in [-0.4, -0.2) is 29.8 Å². The Morgan fingerprint density at radius 2 is 1.65 bits per heavy atom. The van der Waals surface area contributed by atoms with Crippen LogP contribution in [0.1, 0.15) is 34.9 Å². The van der Waals surface area contributed by atoms with Gasteiger partial charge in [-0.05, 0) is 41.3 Å². The summed E-state index contributed by atoms with van der Waals surface area (Å²) < 4.78 is 64.8. The van der Waals surface area contributed by atoms with Gasteiger partial charge in [-0.3, -0.25) is 4.79 Å². The number of rotatable bonds is 6. The minimum atomic E-state index is -4.37. The lowest BCUT2D eigenvalue weighted by molar-refractivity contribution is -0.141. The summed E-state index contributed by atoms with van der Waals surface area (Å²) in [6, 6.07) is 12.7. The molecule has 0 saturated heterocycles. The second-order valence-electron chi connectivity index (χ2n) is 7.79. The van der Waals surface area contributed by atoms with E-state index in [2.05, 4.69) is 0 Å². The molecule has 1 aliphatic rings. The van der Waals surface area contributed by atoms with Crippen molar-refractivity contribution < 1.29 is 31.5 Å². The van der Waals surface area contributed by atoms with Gasteiger partial charge in [0.2, 0.25) is 10.0 Å². The van der Waals surface area contributed by atoms with Gasteiger partial charge in [0.1, 0.15) is 6.04 Å². The number of sulfonamides is 1. The first-order valence-corrected chi connectivity index (χ1v) is 12.6. The number of aliphatic carboxylic acids is 1. The molecule has 5 nitrogen and oxygen atoms in total. The number of benzene rings is 2. The van der Waals surface area contributed by atoms with E-state index in [9.17, 15) is 31.5 Å². The van der Waals surface area contributed by atoms with Crippen LogP contribution < -0.4 is 0 Å².